The zero-order valence-electron chi connectivity index (χ0n) is 9.77. The van der Waals surface area contributed by atoms with E-state index >= 15 is 0 Å². The van der Waals surface area contributed by atoms with E-state index < -0.39 is 10.2 Å². The molecule has 1 saturated heterocycles. The fourth-order valence-electron chi connectivity index (χ4n) is 2.31. The van der Waals surface area contributed by atoms with E-state index in [2.05, 4.69) is 4.72 Å². The Morgan fingerprint density at radius 3 is 2.59 bits per heavy atom. The van der Waals surface area contributed by atoms with Gasteiger partial charge < -0.3 is 4.74 Å². The normalized spacial score (nSPS) is 31.8. The molecule has 100 valence electrons. The SMILES string of the molecule is O=S(=O)(NCC1CCCC1Cl)N1CCOCC1. The zero-order chi connectivity index (χ0) is 12.3. The molecule has 7 heteroatoms. The van der Waals surface area contributed by atoms with E-state index in [-0.39, 0.29) is 11.3 Å². The third kappa shape index (κ3) is 3.54. The molecule has 2 rings (SSSR count). The van der Waals surface area contributed by atoms with Crippen LogP contribution in [0.3, 0.4) is 0 Å². The molecule has 1 aliphatic heterocycles. The van der Waals surface area contributed by atoms with Crippen LogP contribution in [-0.4, -0.2) is 50.9 Å². The standard InChI is InChI=1S/C10H19ClN2O3S/c11-10-3-1-2-9(10)8-12-17(14,15)13-4-6-16-7-5-13/h9-10,12H,1-8H2. The lowest BCUT2D eigenvalue weighted by Crippen LogP contribution is -2.47. The molecule has 2 unspecified atom stereocenters. The van der Waals surface area contributed by atoms with Crippen LogP contribution in [0.4, 0.5) is 0 Å². The van der Waals surface area contributed by atoms with Gasteiger partial charge in [-0.2, -0.15) is 12.7 Å². The average Bonchev–Trinajstić information content (AvgIpc) is 2.74. The van der Waals surface area contributed by atoms with Gasteiger partial charge in [-0.1, -0.05) is 6.42 Å². The molecule has 0 radical (unpaired) electrons. The minimum Gasteiger partial charge on any atom is -0.379 e. The number of halogens is 1. The molecule has 1 heterocycles. The lowest BCUT2D eigenvalue weighted by atomic mass is 10.1. The number of morpholine rings is 1. The van der Waals surface area contributed by atoms with Gasteiger partial charge in [0.1, 0.15) is 0 Å². The first-order valence-electron chi connectivity index (χ1n) is 6.06. The molecular formula is C10H19ClN2O3S. The molecule has 0 aromatic heterocycles. The molecule has 2 fully saturated rings. The van der Waals surface area contributed by atoms with Crippen molar-refractivity contribution in [2.45, 2.75) is 24.6 Å². The van der Waals surface area contributed by atoms with Gasteiger partial charge in [0.25, 0.3) is 10.2 Å². The Labute approximate surface area is 108 Å². The van der Waals surface area contributed by atoms with Gasteiger partial charge in [-0.25, -0.2) is 4.72 Å². The summed E-state index contributed by atoms with van der Waals surface area (Å²) >= 11 is 6.12. The molecule has 17 heavy (non-hydrogen) atoms. The Bertz CT molecular complexity index is 343. The molecule has 2 aliphatic rings. The summed E-state index contributed by atoms with van der Waals surface area (Å²) in [7, 11) is -3.35. The summed E-state index contributed by atoms with van der Waals surface area (Å²) in [5, 5.41) is 0.113. The van der Waals surface area contributed by atoms with Gasteiger partial charge in [-0.3, -0.25) is 0 Å². The van der Waals surface area contributed by atoms with Crippen molar-refractivity contribution in [3.63, 3.8) is 0 Å². The van der Waals surface area contributed by atoms with E-state index in [0.29, 0.717) is 32.8 Å². The first-order valence-corrected chi connectivity index (χ1v) is 7.94. The quantitative estimate of drug-likeness (QED) is 0.767. The molecule has 0 aromatic rings. The maximum Gasteiger partial charge on any atom is 0.279 e. The van der Waals surface area contributed by atoms with Gasteiger partial charge in [-0.15, -0.1) is 11.6 Å². The van der Waals surface area contributed by atoms with Crippen LogP contribution in [0.25, 0.3) is 0 Å². The summed E-state index contributed by atoms with van der Waals surface area (Å²) in [6, 6.07) is 0. The Morgan fingerprint density at radius 2 is 2.00 bits per heavy atom. The zero-order valence-corrected chi connectivity index (χ0v) is 11.3. The highest BCUT2D eigenvalue weighted by Gasteiger charge is 2.29. The van der Waals surface area contributed by atoms with Crippen LogP contribution in [0.15, 0.2) is 0 Å². The fraction of sp³-hybridized carbons (Fsp3) is 1.00. The lowest BCUT2D eigenvalue weighted by Gasteiger charge is -2.27. The summed E-state index contributed by atoms with van der Waals surface area (Å²) in [5.41, 5.74) is 0. The Kier molecular flexibility index (Phi) is 4.65. The summed E-state index contributed by atoms with van der Waals surface area (Å²) < 4.78 is 33.2. The van der Waals surface area contributed by atoms with Gasteiger partial charge in [0.15, 0.2) is 0 Å². The number of nitrogens with zero attached hydrogens (tertiary/aromatic N) is 1. The van der Waals surface area contributed by atoms with Crippen molar-refractivity contribution in [3.05, 3.63) is 0 Å². The maximum atomic E-state index is 12.0. The average molecular weight is 283 g/mol. The van der Waals surface area contributed by atoms with Crippen LogP contribution in [0.1, 0.15) is 19.3 Å². The predicted molar refractivity (Wildman–Crippen MR) is 66.3 cm³/mol. The molecule has 0 amide bonds. The molecular weight excluding hydrogens is 264 g/mol. The van der Waals surface area contributed by atoms with E-state index in [4.69, 9.17) is 16.3 Å². The van der Waals surface area contributed by atoms with Crippen LogP contribution in [-0.2, 0) is 14.9 Å². The number of hydrogen-bond donors (Lipinski definition) is 1. The van der Waals surface area contributed by atoms with Crippen LogP contribution in [0.2, 0.25) is 0 Å². The molecule has 0 spiro atoms. The highest BCUT2D eigenvalue weighted by Crippen LogP contribution is 2.29. The first kappa shape index (κ1) is 13.5. The second-order valence-corrected chi connectivity index (χ2v) is 6.89. The smallest absolute Gasteiger partial charge is 0.279 e. The Hall–Kier alpha value is 0.120. The molecule has 0 bridgehead atoms. The van der Waals surface area contributed by atoms with Crippen LogP contribution in [0, 0.1) is 5.92 Å². The van der Waals surface area contributed by atoms with Gasteiger partial charge in [0, 0.05) is 25.0 Å². The summed E-state index contributed by atoms with van der Waals surface area (Å²) in [6.07, 6.45) is 3.10. The van der Waals surface area contributed by atoms with Crippen molar-refractivity contribution in [1.29, 1.82) is 0 Å². The second-order valence-electron chi connectivity index (χ2n) is 4.57. The number of alkyl halides is 1. The van der Waals surface area contributed by atoms with Gasteiger partial charge >= 0.3 is 0 Å². The number of nitrogens with one attached hydrogen (secondary N) is 1. The monoisotopic (exact) mass is 282 g/mol. The number of rotatable bonds is 4. The van der Waals surface area contributed by atoms with Gasteiger partial charge in [0.2, 0.25) is 0 Å². The summed E-state index contributed by atoms with van der Waals surface area (Å²) in [4.78, 5) is 0. The predicted octanol–water partition coefficient (Wildman–Crippen LogP) is 0.560. The maximum absolute atomic E-state index is 12.0. The fourth-order valence-corrected chi connectivity index (χ4v) is 3.92. The minimum absolute atomic E-state index is 0.113. The molecule has 1 saturated carbocycles. The van der Waals surface area contributed by atoms with Crippen LogP contribution < -0.4 is 4.72 Å². The van der Waals surface area contributed by atoms with Crippen molar-refractivity contribution < 1.29 is 13.2 Å². The summed E-state index contributed by atoms with van der Waals surface area (Å²) in [6.45, 7) is 2.27. The third-order valence-electron chi connectivity index (χ3n) is 3.40. The van der Waals surface area contributed by atoms with Crippen molar-refractivity contribution in [1.82, 2.24) is 9.03 Å². The van der Waals surface area contributed by atoms with E-state index in [1.165, 1.54) is 4.31 Å². The van der Waals surface area contributed by atoms with E-state index in [1.54, 1.807) is 0 Å². The number of hydrogen-bond acceptors (Lipinski definition) is 3. The van der Waals surface area contributed by atoms with E-state index in [0.717, 1.165) is 19.3 Å². The molecule has 1 N–H and O–H groups in total. The largest absolute Gasteiger partial charge is 0.379 e. The first-order chi connectivity index (χ1) is 8.09. The lowest BCUT2D eigenvalue weighted by molar-refractivity contribution is 0.0724. The van der Waals surface area contributed by atoms with Crippen molar-refractivity contribution in [3.8, 4) is 0 Å². The molecule has 2 atom stereocenters. The second kappa shape index (κ2) is 5.84. The molecule has 5 nitrogen and oxygen atoms in total. The van der Waals surface area contributed by atoms with Crippen molar-refractivity contribution in [2.75, 3.05) is 32.8 Å². The Morgan fingerprint density at radius 1 is 1.29 bits per heavy atom. The number of ether oxygens (including phenoxy) is 1. The highest BCUT2D eigenvalue weighted by molar-refractivity contribution is 7.87. The molecule has 0 aromatic carbocycles. The van der Waals surface area contributed by atoms with E-state index in [1.807, 2.05) is 0 Å². The van der Waals surface area contributed by atoms with Crippen molar-refractivity contribution >= 4 is 21.8 Å². The van der Waals surface area contributed by atoms with Crippen LogP contribution in [0.5, 0.6) is 0 Å². The summed E-state index contributed by atoms with van der Waals surface area (Å²) in [5.74, 6) is 0.271. The van der Waals surface area contributed by atoms with Gasteiger partial charge in [-0.05, 0) is 18.8 Å². The minimum atomic E-state index is -3.35. The third-order valence-corrected chi connectivity index (χ3v) is 5.56. The highest BCUT2D eigenvalue weighted by atomic mass is 35.5. The van der Waals surface area contributed by atoms with E-state index in [9.17, 15) is 8.42 Å². The molecule has 1 aliphatic carbocycles. The topological polar surface area (TPSA) is 58.6 Å². The van der Waals surface area contributed by atoms with Crippen molar-refractivity contribution in [2.24, 2.45) is 5.92 Å². The van der Waals surface area contributed by atoms with Gasteiger partial charge in [0.05, 0.1) is 13.2 Å². The Balaban J connectivity index is 1.84. The van der Waals surface area contributed by atoms with Crippen LogP contribution >= 0.6 is 11.6 Å².